The normalized spacial score (nSPS) is 10.9. The Kier molecular flexibility index (Phi) is 5.12. The summed E-state index contributed by atoms with van der Waals surface area (Å²) >= 11 is 6.35. The van der Waals surface area contributed by atoms with Gasteiger partial charge < -0.3 is 15.0 Å². The minimum Gasteiger partial charge on any atom is -0.496 e. The maximum atomic E-state index is 6.35. The van der Waals surface area contributed by atoms with E-state index in [4.69, 9.17) is 27.1 Å². The number of aromatic nitrogens is 2. The maximum Gasteiger partial charge on any atom is 0.131 e. The van der Waals surface area contributed by atoms with Crippen molar-refractivity contribution in [3.63, 3.8) is 0 Å². The fraction of sp³-hybridized carbons (Fsp3) is 0.438. The maximum absolute atomic E-state index is 6.35. The van der Waals surface area contributed by atoms with E-state index in [9.17, 15) is 0 Å². The smallest absolute Gasteiger partial charge is 0.131 e. The second-order valence-corrected chi connectivity index (χ2v) is 5.39. The first-order valence-corrected chi connectivity index (χ1v) is 7.69. The second kappa shape index (κ2) is 6.85. The van der Waals surface area contributed by atoms with E-state index in [1.165, 1.54) is 0 Å². The molecule has 0 amide bonds. The number of ether oxygens (including phenoxy) is 1. The third-order valence-electron chi connectivity index (χ3n) is 3.44. The van der Waals surface area contributed by atoms with Gasteiger partial charge in [0.2, 0.25) is 0 Å². The van der Waals surface area contributed by atoms with Crippen LogP contribution in [-0.2, 0) is 13.0 Å². The molecule has 1 aromatic carbocycles. The fourth-order valence-electron chi connectivity index (χ4n) is 2.49. The van der Waals surface area contributed by atoms with E-state index in [1.807, 2.05) is 18.2 Å². The Labute approximate surface area is 130 Å². The quantitative estimate of drug-likeness (QED) is 0.872. The minimum absolute atomic E-state index is 0.602. The van der Waals surface area contributed by atoms with Gasteiger partial charge in [-0.3, -0.25) is 0 Å². The molecule has 21 heavy (non-hydrogen) atoms. The summed E-state index contributed by atoms with van der Waals surface area (Å²) in [6, 6.07) is 5.56. The van der Waals surface area contributed by atoms with Gasteiger partial charge in [-0.25, -0.2) is 4.98 Å². The Balaban J connectivity index is 2.62. The van der Waals surface area contributed by atoms with Crippen LogP contribution in [0.1, 0.15) is 32.5 Å². The van der Waals surface area contributed by atoms with Crippen LogP contribution in [0, 0.1) is 0 Å². The van der Waals surface area contributed by atoms with Gasteiger partial charge in [0.1, 0.15) is 23.1 Å². The molecule has 2 N–H and O–H groups in total. The van der Waals surface area contributed by atoms with Crippen LogP contribution in [0.4, 0.5) is 5.82 Å². The highest BCUT2D eigenvalue weighted by Crippen LogP contribution is 2.39. The van der Waals surface area contributed by atoms with Gasteiger partial charge in [-0.15, -0.1) is 0 Å². The Hall–Kier alpha value is -1.68. The van der Waals surface area contributed by atoms with Crippen molar-refractivity contribution in [2.45, 2.75) is 39.7 Å². The molecule has 0 unspecified atom stereocenters. The summed E-state index contributed by atoms with van der Waals surface area (Å²) in [5.41, 5.74) is 7.82. The summed E-state index contributed by atoms with van der Waals surface area (Å²) in [7, 11) is 1.63. The molecular weight excluding hydrogens is 286 g/mol. The number of nitrogen functional groups attached to an aromatic ring is 1. The highest BCUT2D eigenvalue weighted by Gasteiger charge is 2.20. The third kappa shape index (κ3) is 3.00. The van der Waals surface area contributed by atoms with Crippen molar-refractivity contribution in [2.24, 2.45) is 0 Å². The number of methoxy groups -OCH3 is 1. The van der Waals surface area contributed by atoms with E-state index in [2.05, 4.69) is 18.4 Å². The van der Waals surface area contributed by atoms with Gasteiger partial charge in [0.05, 0.1) is 17.7 Å². The molecule has 0 saturated carbocycles. The lowest BCUT2D eigenvalue weighted by Gasteiger charge is -2.10. The number of halogens is 1. The largest absolute Gasteiger partial charge is 0.496 e. The van der Waals surface area contributed by atoms with Gasteiger partial charge in [0.25, 0.3) is 0 Å². The number of aryl methyl sites for hydroxylation is 1. The van der Waals surface area contributed by atoms with Crippen molar-refractivity contribution in [2.75, 3.05) is 12.8 Å². The van der Waals surface area contributed by atoms with Crippen LogP contribution in [0.5, 0.6) is 5.75 Å². The molecule has 0 fully saturated rings. The van der Waals surface area contributed by atoms with E-state index >= 15 is 0 Å². The number of benzene rings is 1. The average molecular weight is 308 g/mol. The van der Waals surface area contributed by atoms with E-state index in [1.54, 1.807) is 7.11 Å². The molecule has 114 valence electrons. The number of imidazole rings is 1. The lowest BCUT2D eigenvalue weighted by atomic mass is 10.1. The monoisotopic (exact) mass is 307 g/mol. The van der Waals surface area contributed by atoms with Crippen LogP contribution in [-0.4, -0.2) is 16.7 Å². The molecule has 0 spiro atoms. The van der Waals surface area contributed by atoms with E-state index in [0.29, 0.717) is 22.3 Å². The van der Waals surface area contributed by atoms with Gasteiger partial charge in [-0.2, -0.15) is 0 Å². The summed E-state index contributed by atoms with van der Waals surface area (Å²) in [5, 5.41) is 0.602. The highest BCUT2D eigenvalue weighted by atomic mass is 35.5. The zero-order valence-corrected chi connectivity index (χ0v) is 13.6. The molecule has 0 aliphatic carbocycles. The summed E-state index contributed by atoms with van der Waals surface area (Å²) in [5.74, 6) is 2.36. The van der Waals surface area contributed by atoms with Gasteiger partial charge in [0, 0.05) is 13.0 Å². The summed E-state index contributed by atoms with van der Waals surface area (Å²) in [6.45, 7) is 5.13. The Morgan fingerprint density at radius 2 is 2.05 bits per heavy atom. The number of nitrogens with zero attached hydrogens (tertiary/aromatic N) is 2. The number of anilines is 1. The van der Waals surface area contributed by atoms with E-state index in [-0.39, 0.29) is 0 Å². The van der Waals surface area contributed by atoms with Crippen molar-refractivity contribution in [1.29, 1.82) is 0 Å². The van der Waals surface area contributed by atoms with Crippen molar-refractivity contribution < 1.29 is 4.74 Å². The number of rotatable bonds is 6. The van der Waals surface area contributed by atoms with E-state index < -0.39 is 0 Å². The standard InChI is InChI=1S/C16H22ClN3O/c1-4-7-13-19-15(16(18)20(13)10-5-2)14-11(17)8-6-9-12(14)21-3/h6,8-9H,4-5,7,10,18H2,1-3H3. The first-order valence-electron chi connectivity index (χ1n) is 7.31. The lowest BCUT2D eigenvalue weighted by Crippen LogP contribution is -2.06. The average Bonchev–Trinajstić information content (AvgIpc) is 2.77. The second-order valence-electron chi connectivity index (χ2n) is 4.98. The van der Waals surface area contributed by atoms with Gasteiger partial charge >= 0.3 is 0 Å². The van der Waals surface area contributed by atoms with Crippen LogP contribution >= 0.6 is 11.6 Å². The van der Waals surface area contributed by atoms with Gasteiger partial charge in [-0.05, 0) is 25.0 Å². The zero-order valence-electron chi connectivity index (χ0n) is 12.8. The first kappa shape index (κ1) is 15.7. The molecule has 2 rings (SSSR count). The molecule has 0 aliphatic rings. The van der Waals surface area contributed by atoms with Crippen molar-refractivity contribution >= 4 is 17.4 Å². The van der Waals surface area contributed by atoms with Crippen LogP contribution in [0.15, 0.2) is 18.2 Å². The molecule has 0 saturated heterocycles. The first-order chi connectivity index (χ1) is 10.1. The molecule has 1 aromatic heterocycles. The van der Waals surface area contributed by atoms with Crippen molar-refractivity contribution in [3.8, 4) is 17.0 Å². The molecule has 0 radical (unpaired) electrons. The topological polar surface area (TPSA) is 53.1 Å². The molecule has 4 nitrogen and oxygen atoms in total. The third-order valence-corrected chi connectivity index (χ3v) is 3.75. The minimum atomic E-state index is 0.602. The molecule has 0 atom stereocenters. The van der Waals surface area contributed by atoms with Crippen molar-refractivity contribution in [1.82, 2.24) is 9.55 Å². The number of nitrogens with two attached hydrogens (primary N) is 1. The Morgan fingerprint density at radius 3 is 2.67 bits per heavy atom. The predicted octanol–water partition coefficient (Wildman–Crippen LogP) is 4.16. The summed E-state index contributed by atoms with van der Waals surface area (Å²) in [6.07, 6.45) is 2.94. The molecule has 2 aromatic rings. The lowest BCUT2D eigenvalue weighted by molar-refractivity contribution is 0.416. The molecule has 5 heteroatoms. The molecule has 0 aliphatic heterocycles. The van der Waals surface area contributed by atoms with Crippen LogP contribution in [0.3, 0.4) is 0 Å². The van der Waals surface area contributed by atoms with E-state index in [0.717, 1.165) is 37.2 Å². The summed E-state index contributed by atoms with van der Waals surface area (Å²) in [4.78, 5) is 4.73. The van der Waals surface area contributed by atoms with Gasteiger partial charge in [-0.1, -0.05) is 31.5 Å². The molecular formula is C16H22ClN3O. The van der Waals surface area contributed by atoms with Crippen LogP contribution in [0.2, 0.25) is 5.02 Å². The zero-order chi connectivity index (χ0) is 15.4. The Morgan fingerprint density at radius 1 is 1.29 bits per heavy atom. The highest BCUT2D eigenvalue weighted by molar-refractivity contribution is 6.33. The fourth-order valence-corrected chi connectivity index (χ4v) is 2.74. The number of hydrogen-bond donors (Lipinski definition) is 1. The van der Waals surface area contributed by atoms with Crippen LogP contribution in [0.25, 0.3) is 11.3 Å². The number of hydrogen-bond acceptors (Lipinski definition) is 3. The Bertz CT molecular complexity index is 622. The van der Waals surface area contributed by atoms with Crippen LogP contribution < -0.4 is 10.5 Å². The SMILES string of the molecule is CCCc1nc(-c2c(Cl)cccc2OC)c(N)n1CCC. The van der Waals surface area contributed by atoms with Crippen molar-refractivity contribution in [3.05, 3.63) is 29.0 Å². The predicted molar refractivity (Wildman–Crippen MR) is 87.9 cm³/mol. The molecule has 0 bridgehead atoms. The summed E-state index contributed by atoms with van der Waals surface area (Å²) < 4.78 is 7.50. The van der Waals surface area contributed by atoms with Gasteiger partial charge in [0.15, 0.2) is 0 Å². The molecule has 1 heterocycles.